The summed E-state index contributed by atoms with van der Waals surface area (Å²) in [5.41, 5.74) is 0.889. The van der Waals surface area contributed by atoms with E-state index in [9.17, 15) is 4.39 Å². The summed E-state index contributed by atoms with van der Waals surface area (Å²) in [5, 5.41) is 0. The number of hydrogen-bond donors (Lipinski definition) is 1. The average molecular weight is 169 g/mol. The lowest BCUT2D eigenvalue weighted by Gasteiger charge is -1.90. The largest absolute Gasteiger partial charge is 0.228 e. The van der Waals surface area contributed by atoms with E-state index in [2.05, 4.69) is 17.6 Å². The van der Waals surface area contributed by atoms with Crippen LogP contribution in [-0.2, 0) is 0 Å². The maximum absolute atomic E-state index is 12.3. The number of thiol groups is 1. The Morgan fingerprint density at radius 3 is 2.91 bits per heavy atom. The summed E-state index contributed by atoms with van der Waals surface area (Å²) < 4.78 is 12.3. The molecule has 3 heteroatoms. The summed E-state index contributed by atoms with van der Waals surface area (Å²) in [6.07, 6.45) is 5.20. The van der Waals surface area contributed by atoms with Crippen LogP contribution in [0.3, 0.4) is 0 Å². The summed E-state index contributed by atoms with van der Waals surface area (Å²) in [5.74, 6) is 0.227. The molecule has 0 aliphatic rings. The predicted octanol–water partition coefficient (Wildman–Crippen LogP) is 2.16. The van der Waals surface area contributed by atoms with Crippen molar-refractivity contribution in [1.29, 1.82) is 0 Å². The van der Waals surface area contributed by atoms with Crippen molar-refractivity contribution < 1.29 is 4.39 Å². The quantitative estimate of drug-likeness (QED) is 0.529. The van der Waals surface area contributed by atoms with E-state index in [-0.39, 0.29) is 0 Å². The van der Waals surface area contributed by atoms with Gasteiger partial charge in [-0.3, -0.25) is 0 Å². The van der Waals surface area contributed by atoms with Crippen LogP contribution in [0.4, 0.5) is 4.39 Å². The summed E-state index contributed by atoms with van der Waals surface area (Å²) in [7, 11) is 0. The fourth-order valence-corrected chi connectivity index (χ4v) is 0.780. The zero-order valence-electron chi connectivity index (χ0n) is 5.87. The third-order valence-corrected chi connectivity index (χ3v) is 1.38. The van der Waals surface area contributed by atoms with Gasteiger partial charge >= 0.3 is 0 Å². The van der Waals surface area contributed by atoms with E-state index >= 15 is 0 Å². The van der Waals surface area contributed by atoms with Crippen molar-refractivity contribution in [3.05, 3.63) is 35.9 Å². The predicted molar refractivity (Wildman–Crippen MR) is 47.1 cm³/mol. The van der Waals surface area contributed by atoms with Crippen LogP contribution in [0.5, 0.6) is 0 Å². The van der Waals surface area contributed by atoms with Crippen molar-refractivity contribution in [1.82, 2.24) is 4.98 Å². The second-order valence-electron chi connectivity index (χ2n) is 2.00. The molecule has 1 heterocycles. The number of aromatic nitrogens is 1. The lowest BCUT2D eigenvalue weighted by Crippen LogP contribution is -1.80. The molecule has 0 saturated heterocycles. The van der Waals surface area contributed by atoms with E-state index in [0.717, 1.165) is 5.56 Å². The Morgan fingerprint density at radius 2 is 2.36 bits per heavy atom. The van der Waals surface area contributed by atoms with Crippen molar-refractivity contribution in [3.8, 4) is 0 Å². The fourth-order valence-electron chi connectivity index (χ4n) is 0.675. The van der Waals surface area contributed by atoms with Gasteiger partial charge in [-0.15, -0.1) is 0 Å². The highest BCUT2D eigenvalue weighted by atomic mass is 32.1. The molecule has 0 atom stereocenters. The number of halogens is 1. The Bertz CT molecular complexity index is 243. The molecule has 58 valence electrons. The van der Waals surface area contributed by atoms with Crippen molar-refractivity contribution in [3.63, 3.8) is 0 Å². The van der Waals surface area contributed by atoms with Gasteiger partial charge in [0, 0.05) is 11.9 Å². The highest BCUT2D eigenvalue weighted by Gasteiger charge is 1.88. The topological polar surface area (TPSA) is 12.9 Å². The molecule has 1 aromatic rings. The van der Waals surface area contributed by atoms with Crippen LogP contribution < -0.4 is 0 Å². The molecule has 0 radical (unpaired) electrons. The second-order valence-corrected chi connectivity index (χ2v) is 2.36. The molecule has 0 aromatic carbocycles. The van der Waals surface area contributed by atoms with Crippen molar-refractivity contribution in [2.45, 2.75) is 0 Å². The van der Waals surface area contributed by atoms with E-state index in [1.54, 1.807) is 6.07 Å². The highest BCUT2D eigenvalue weighted by molar-refractivity contribution is 7.80. The molecule has 1 aromatic heterocycles. The first-order valence-corrected chi connectivity index (χ1v) is 3.85. The van der Waals surface area contributed by atoms with Gasteiger partial charge in [0.2, 0.25) is 5.95 Å². The molecular weight excluding hydrogens is 161 g/mol. The van der Waals surface area contributed by atoms with E-state index < -0.39 is 5.95 Å². The van der Waals surface area contributed by atoms with Gasteiger partial charge in [-0.25, -0.2) is 4.98 Å². The Balaban J connectivity index is 2.73. The second kappa shape index (κ2) is 4.13. The maximum Gasteiger partial charge on any atom is 0.212 e. The van der Waals surface area contributed by atoms with E-state index in [4.69, 9.17) is 0 Å². The molecule has 0 aliphatic heterocycles. The molecule has 0 bridgehead atoms. The zero-order valence-corrected chi connectivity index (χ0v) is 6.76. The standard InChI is InChI=1S/C8H8FNS/c9-8-4-3-7(6-10-8)2-1-5-11/h1-4,6,11H,5H2. The maximum atomic E-state index is 12.3. The van der Waals surface area contributed by atoms with Gasteiger partial charge < -0.3 is 0 Å². The van der Waals surface area contributed by atoms with Gasteiger partial charge in [0.15, 0.2) is 0 Å². The fraction of sp³-hybridized carbons (Fsp3) is 0.125. The lowest BCUT2D eigenvalue weighted by molar-refractivity contribution is 0.583. The van der Waals surface area contributed by atoms with Crippen LogP contribution in [-0.4, -0.2) is 10.7 Å². The lowest BCUT2D eigenvalue weighted by atomic mass is 10.3. The van der Waals surface area contributed by atoms with Gasteiger partial charge in [0.05, 0.1) is 0 Å². The first-order valence-electron chi connectivity index (χ1n) is 3.22. The molecule has 1 rings (SSSR count). The van der Waals surface area contributed by atoms with Crippen LogP contribution >= 0.6 is 12.6 Å². The van der Waals surface area contributed by atoms with Gasteiger partial charge in [0.25, 0.3) is 0 Å². The number of pyridine rings is 1. The molecule has 1 nitrogen and oxygen atoms in total. The van der Waals surface area contributed by atoms with Gasteiger partial charge in [-0.2, -0.15) is 17.0 Å². The van der Waals surface area contributed by atoms with E-state index in [0.29, 0.717) is 5.75 Å². The molecule has 0 saturated carbocycles. The number of rotatable bonds is 2. The number of hydrogen-bond acceptors (Lipinski definition) is 2. The minimum absolute atomic E-state index is 0.451. The minimum Gasteiger partial charge on any atom is -0.228 e. The van der Waals surface area contributed by atoms with Crippen molar-refractivity contribution >= 4 is 18.7 Å². The molecule has 0 aliphatic carbocycles. The molecule has 0 N–H and O–H groups in total. The minimum atomic E-state index is -0.451. The van der Waals surface area contributed by atoms with Gasteiger partial charge in [0.1, 0.15) is 0 Å². The molecule has 0 fully saturated rings. The molecule has 11 heavy (non-hydrogen) atoms. The van der Waals surface area contributed by atoms with E-state index in [1.807, 2.05) is 12.2 Å². The van der Waals surface area contributed by atoms with Crippen LogP contribution in [0.15, 0.2) is 24.4 Å². The van der Waals surface area contributed by atoms with E-state index in [1.165, 1.54) is 12.3 Å². The van der Waals surface area contributed by atoms with Crippen LogP contribution in [0, 0.1) is 5.95 Å². The molecule has 0 unspecified atom stereocenters. The van der Waals surface area contributed by atoms with Gasteiger partial charge in [-0.1, -0.05) is 12.2 Å². The summed E-state index contributed by atoms with van der Waals surface area (Å²) >= 11 is 3.99. The summed E-state index contributed by atoms with van der Waals surface area (Å²) in [4.78, 5) is 3.49. The monoisotopic (exact) mass is 169 g/mol. The number of nitrogens with zero attached hydrogens (tertiary/aromatic N) is 1. The van der Waals surface area contributed by atoms with Crippen LogP contribution in [0.1, 0.15) is 5.56 Å². The summed E-state index contributed by atoms with van der Waals surface area (Å²) in [6, 6.07) is 3.00. The first-order chi connectivity index (χ1) is 5.33. The van der Waals surface area contributed by atoms with Crippen molar-refractivity contribution in [2.24, 2.45) is 0 Å². The Morgan fingerprint density at radius 1 is 1.55 bits per heavy atom. The Hall–Kier alpha value is -0.830. The smallest absolute Gasteiger partial charge is 0.212 e. The van der Waals surface area contributed by atoms with Crippen molar-refractivity contribution in [2.75, 3.05) is 5.75 Å². The SMILES string of the molecule is Fc1ccc(C=CCS)cn1. The third kappa shape index (κ3) is 2.72. The zero-order chi connectivity index (χ0) is 8.10. The summed E-state index contributed by atoms with van der Waals surface area (Å²) in [6.45, 7) is 0. The van der Waals surface area contributed by atoms with Crippen LogP contribution in [0.25, 0.3) is 6.08 Å². The Kier molecular flexibility index (Phi) is 3.11. The van der Waals surface area contributed by atoms with Crippen LogP contribution in [0.2, 0.25) is 0 Å². The normalized spacial score (nSPS) is 10.7. The molecule has 0 amide bonds. The highest BCUT2D eigenvalue weighted by Crippen LogP contribution is 2.00. The van der Waals surface area contributed by atoms with Gasteiger partial charge in [-0.05, 0) is 17.7 Å². The third-order valence-electron chi connectivity index (χ3n) is 1.17. The molecular formula is C8H8FNS. The average Bonchev–Trinajstić information content (AvgIpc) is 2.04. The Labute approximate surface area is 70.4 Å². The first kappa shape index (κ1) is 8.27. The molecule has 0 spiro atoms.